The van der Waals surface area contributed by atoms with Crippen LogP contribution in [0.4, 0.5) is 5.69 Å². The van der Waals surface area contributed by atoms with Crippen LogP contribution in [0.3, 0.4) is 0 Å². The molecule has 1 aromatic rings. The van der Waals surface area contributed by atoms with Crippen molar-refractivity contribution in [1.29, 1.82) is 0 Å². The van der Waals surface area contributed by atoms with Gasteiger partial charge >= 0.3 is 0 Å². The Labute approximate surface area is 69.6 Å². The van der Waals surface area contributed by atoms with Crippen LogP contribution < -0.4 is 10.1 Å². The van der Waals surface area contributed by atoms with Gasteiger partial charge in [0, 0.05) is 12.7 Å². The first-order valence-electron chi connectivity index (χ1n) is 3.71. The highest BCUT2D eigenvalue weighted by atomic mass is 16.5. The van der Waals surface area contributed by atoms with Gasteiger partial charge in [0.1, 0.15) is 6.61 Å². The summed E-state index contributed by atoms with van der Waals surface area (Å²) in [6, 6.07) is 0. The Morgan fingerprint density at radius 1 is 1.58 bits per heavy atom. The monoisotopic (exact) mass is 164 g/mol. The quantitative estimate of drug-likeness (QED) is 0.621. The highest BCUT2D eigenvalue weighted by molar-refractivity contribution is 5.86. The van der Waals surface area contributed by atoms with Crippen molar-refractivity contribution in [3.8, 4) is 5.75 Å². The number of nitrogens with zero attached hydrogens (tertiary/aromatic N) is 1. The molecule has 0 amide bonds. The summed E-state index contributed by atoms with van der Waals surface area (Å²) < 4.78 is 5.28. The lowest BCUT2D eigenvalue weighted by molar-refractivity contribution is 0.112. The summed E-state index contributed by atoms with van der Waals surface area (Å²) in [4.78, 5) is 14.4. The van der Waals surface area contributed by atoms with Crippen LogP contribution in [-0.4, -0.2) is 24.4 Å². The van der Waals surface area contributed by atoms with Crippen molar-refractivity contribution >= 4 is 12.0 Å². The summed E-state index contributed by atoms with van der Waals surface area (Å²) in [5.74, 6) is 0.658. The van der Waals surface area contributed by atoms with Crippen LogP contribution in [0.5, 0.6) is 5.75 Å². The highest BCUT2D eigenvalue weighted by Crippen LogP contribution is 2.28. The summed E-state index contributed by atoms with van der Waals surface area (Å²) in [5, 5.41) is 3.09. The lowest BCUT2D eigenvalue weighted by Gasteiger charge is -2.19. The van der Waals surface area contributed by atoms with Crippen molar-refractivity contribution in [2.45, 2.75) is 0 Å². The Morgan fingerprint density at radius 3 is 3.33 bits per heavy atom. The van der Waals surface area contributed by atoms with Crippen molar-refractivity contribution < 1.29 is 9.53 Å². The van der Waals surface area contributed by atoms with Crippen LogP contribution >= 0.6 is 0 Å². The van der Waals surface area contributed by atoms with E-state index >= 15 is 0 Å². The van der Waals surface area contributed by atoms with Crippen LogP contribution in [0.15, 0.2) is 12.4 Å². The number of aromatic nitrogens is 1. The Morgan fingerprint density at radius 2 is 2.50 bits per heavy atom. The van der Waals surface area contributed by atoms with Gasteiger partial charge in [0.05, 0.1) is 17.4 Å². The van der Waals surface area contributed by atoms with E-state index in [2.05, 4.69) is 10.3 Å². The van der Waals surface area contributed by atoms with Gasteiger partial charge in [-0.15, -0.1) is 0 Å². The van der Waals surface area contributed by atoms with E-state index in [4.69, 9.17) is 4.74 Å². The molecule has 0 saturated heterocycles. The molecule has 0 aliphatic carbocycles. The van der Waals surface area contributed by atoms with Gasteiger partial charge < -0.3 is 10.1 Å². The minimum absolute atomic E-state index is 0.548. The largest absolute Gasteiger partial charge is 0.488 e. The molecule has 2 heterocycles. The van der Waals surface area contributed by atoms with Crippen LogP contribution in [0.2, 0.25) is 0 Å². The van der Waals surface area contributed by atoms with E-state index in [9.17, 15) is 4.79 Å². The summed E-state index contributed by atoms with van der Waals surface area (Å²) >= 11 is 0. The second-order valence-electron chi connectivity index (χ2n) is 2.49. The fourth-order valence-electron chi connectivity index (χ4n) is 1.18. The first-order chi connectivity index (χ1) is 5.92. The molecule has 62 valence electrons. The van der Waals surface area contributed by atoms with E-state index in [1.165, 1.54) is 6.20 Å². The van der Waals surface area contributed by atoms with Gasteiger partial charge in [-0.05, 0) is 0 Å². The molecule has 0 spiro atoms. The molecular weight excluding hydrogens is 156 g/mol. The second-order valence-corrected chi connectivity index (χ2v) is 2.49. The van der Waals surface area contributed by atoms with Crippen molar-refractivity contribution in [3.63, 3.8) is 0 Å². The van der Waals surface area contributed by atoms with Crippen LogP contribution in [0.1, 0.15) is 10.4 Å². The first-order valence-corrected chi connectivity index (χ1v) is 3.71. The molecule has 2 rings (SSSR count). The Balaban J connectivity index is 2.51. The van der Waals surface area contributed by atoms with E-state index in [1.807, 2.05) is 0 Å². The number of fused-ring (bicyclic) bond motifs is 1. The fraction of sp³-hybridized carbons (Fsp3) is 0.250. The maximum Gasteiger partial charge on any atom is 0.161 e. The molecule has 0 saturated carbocycles. The molecule has 1 aliphatic heterocycles. The molecule has 1 aliphatic rings. The minimum Gasteiger partial charge on any atom is -0.488 e. The number of rotatable bonds is 1. The number of pyridine rings is 1. The molecular formula is C8H8N2O2. The third-order valence-electron chi connectivity index (χ3n) is 1.73. The normalized spacial score (nSPS) is 14.0. The number of anilines is 1. The summed E-state index contributed by atoms with van der Waals surface area (Å²) in [6.07, 6.45) is 3.90. The van der Waals surface area contributed by atoms with E-state index in [0.29, 0.717) is 17.9 Å². The van der Waals surface area contributed by atoms with Gasteiger partial charge in [-0.25, -0.2) is 0 Å². The number of hydrogen-bond donors (Lipinski definition) is 1. The van der Waals surface area contributed by atoms with Crippen molar-refractivity contribution in [3.05, 3.63) is 18.0 Å². The van der Waals surface area contributed by atoms with Crippen LogP contribution in [0, 0.1) is 0 Å². The maximum atomic E-state index is 10.5. The number of hydrogen-bond acceptors (Lipinski definition) is 4. The maximum absolute atomic E-state index is 10.5. The molecule has 12 heavy (non-hydrogen) atoms. The smallest absolute Gasteiger partial charge is 0.161 e. The third-order valence-corrected chi connectivity index (χ3v) is 1.73. The standard InChI is InChI=1S/C8H8N2O2/c11-5-6-3-9-4-7-8(6)10-1-2-12-7/h3-5,10H,1-2H2. The van der Waals surface area contributed by atoms with Crippen LogP contribution in [-0.2, 0) is 0 Å². The zero-order valence-electron chi connectivity index (χ0n) is 6.41. The van der Waals surface area contributed by atoms with Crippen molar-refractivity contribution in [2.24, 2.45) is 0 Å². The topological polar surface area (TPSA) is 51.2 Å². The SMILES string of the molecule is O=Cc1cncc2c1NCCO2. The van der Waals surface area contributed by atoms with Gasteiger partial charge in [-0.3, -0.25) is 9.78 Å². The Hall–Kier alpha value is -1.58. The van der Waals surface area contributed by atoms with E-state index in [-0.39, 0.29) is 0 Å². The molecule has 0 atom stereocenters. The summed E-state index contributed by atoms with van der Waals surface area (Å²) in [6.45, 7) is 1.36. The van der Waals surface area contributed by atoms with Crippen molar-refractivity contribution in [2.75, 3.05) is 18.5 Å². The molecule has 4 nitrogen and oxygen atoms in total. The minimum atomic E-state index is 0.548. The number of carbonyl (C=O) groups excluding carboxylic acids is 1. The van der Waals surface area contributed by atoms with Gasteiger partial charge in [-0.1, -0.05) is 0 Å². The average molecular weight is 164 g/mol. The van der Waals surface area contributed by atoms with E-state index in [0.717, 1.165) is 18.5 Å². The highest BCUT2D eigenvalue weighted by Gasteiger charge is 2.12. The third kappa shape index (κ3) is 1.01. The predicted octanol–water partition coefficient (Wildman–Crippen LogP) is 0.698. The zero-order valence-corrected chi connectivity index (χ0v) is 6.41. The molecule has 0 radical (unpaired) electrons. The Bertz CT molecular complexity index is 312. The van der Waals surface area contributed by atoms with Gasteiger partial charge in [0.2, 0.25) is 0 Å². The number of carbonyl (C=O) groups is 1. The molecule has 1 aromatic heterocycles. The second kappa shape index (κ2) is 2.81. The van der Waals surface area contributed by atoms with Gasteiger partial charge in [0.25, 0.3) is 0 Å². The van der Waals surface area contributed by atoms with E-state index < -0.39 is 0 Å². The average Bonchev–Trinajstić information content (AvgIpc) is 2.17. The fourth-order valence-corrected chi connectivity index (χ4v) is 1.18. The number of ether oxygens (including phenoxy) is 1. The molecule has 0 aromatic carbocycles. The summed E-state index contributed by atoms with van der Waals surface area (Å²) in [7, 11) is 0. The lowest BCUT2D eigenvalue weighted by atomic mass is 10.2. The molecule has 0 fully saturated rings. The van der Waals surface area contributed by atoms with Gasteiger partial charge in [-0.2, -0.15) is 0 Å². The molecule has 4 heteroatoms. The number of aldehydes is 1. The van der Waals surface area contributed by atoms with Crippen molar-refractivity contribution in [1.82, 2.24) is 4.98 Å². The van der Waals surface area contributed by atoms with Crippen LogP contribution in [0.25, 0.3) is 0 Å². The first kappa shape index (κ1) is 7.09. The predicted molar refractivity (Wildman–Crippen MR) is 43.6 cm³/mol. The zero-order chi connectivity index (χ0) is 8.39. The van der Waals surface area contributed by atoms with E-state index in [1.54, 1.807) is 6.20 Å². The molecule has 0 unspecified atom stereocenters. The molecule has 1 N–H and O–H groups in total. The number of nitrogens with one attached hydrogen (secondary N) is 1. The lowest BCUT2D eigenvalue weighted by Crippen LogP contribution is -2.19. The summed E-state index contributed by atoms with van der Waals surface area (Å²) in [5.41, 5.74) is 1.30. The van der Waals surface area contributed by atoms with Gasteiger partial charge in [0.15, 0.2) is 12.0 Å². The Kier molecular flexibility index (Phi) is 1.66. The molecule has 0 bridgehead atoms.